The minimum Gasteiger partial charge on any atom is -0.476 e. The monoisotopic (exact) mass is 577 g/mol. The summed E-state index contributed by atoms with van der Waals surface area (Å²) in [7, 11) is -3.07. The Morgan fingerprint density at radius 3 is 2.18 bits per heavy atom. The Hall–Kier alpha value is -0.200. The zero-order valence-electron chi connectivity index (χ0n) is 24.7. The van der Waals surface area contributed by atoms with E-state index in [-0.39, 0.29) is 12.7 Å². The Kier molecular flexibility index (Phi) is 21.2. The fourth-order valence-electron chi connectivity index (χ4n) is 5.52. The van der Waals surface area contributed by atoms with Crippen LogP contribution in [0.1, 0.15) is 136 Å². The summed E-state index contributed by atoms with van der Waals surface area (Å²) in [6.45, 7) is 5.70. The first-order chi connectivity index (χ1) is 18.4. The van der Waals surface area contributed by atoms with E-state index in [1.54, 1.807) is 0 Å². The molecule has 0 aromatic carbocycles. The van der Waals surface area contributed by atoms with Crippen LogP contribution in [-0.2, 0) is 18.8 Å². The highest BCUT2D eigenvalue weighted by atomic mass is 32.2. The second-order valence-corrected chi connectivity index (χ2v) is 13.8. The van der Waals surface area contributed by atoms with Gasteiger partial charge in [0, 0.05) is 0 Å². The van der Waals surface area contributed by atoms with Crippen molar-refractivity contribution in [3.05, 3.63) is 0 Å². The lowest BCUT2D eigenvalue weighted by atomic mass is 9.84. The topological polar surface area (TPSA) is 93.1 Å². The summed E-state index contributed by atoms with van der Waals surface area (Å²) in [5.74, 6) is 3.17. The Morgan fingerprint density at radius 1 is 0.921 bits per heavy atom. The van der Waals surface area contributed by atoms with E-state index in [0.717, 1.165) is 31.1 Å². The van der Waals surface area contributed by atoms with Gasteiger partial charge in [0.2, 0.25) is 0 Å². The molecule has 0 aliphatic heterocycles. The third kappa shape index (κ3) is 15.0. The molecule has 224 valence electrons. The summed E-state index contributed by atoms with van der Waals surface area (Å²) >= 11 is 2.17. The SMILES string of the molecule is CCCCCCC(CCSCCCCCCCCC(C)OCC(OCCC)(C(=O)O)[P+](=O)O)C1CCCC1. The minimum absolute atomic E-state index is 0.101. The molecule has 4 atom stereocenters. The zero-order chi connectivity index (χ0) is 28.1. The molecule has 4 unspecified atom stereocenters. The van der Waals surface area contributed by atoms with Crippen molar-refractivity contribution >= 4 is 25.8 Å². The molecular weight excluding hydrogens is 519 g/mol. The van der Waals surface area contributed by atoms with E-state index in [4.69, 9.17) is 9.47 Å². The summed E-state index contributed by atoms with van der Waals surface area (Å²) in [6, 6.07) is 0. The van der Waals surface area contributed by atoms with Crippen molar-refractivity contribution in [3.63, 3.8) is 0 Å². The van der Waals surface area contributed by atoms with Gasteiger partial charge >= 0.3 is 19.3 Å². The number of carbonyl (C=O) groups is 1. The molecule has 2 N–H and O–H groups in total. The Balaban J connectivity index is 2.08. The number of hydrogen-bond acceptors (Lipinski definition) is 5. The average Bonchev–Trinajstić information content (AvgIpc) is 3.43. The maximum Gasteiger partial charge on any atom is 0.556 e. The van der Waals surface area contributed by atoms with Gasteiger partial charge in [-0.1, -0.05) is 104 Å². The number of rotatable bonds is 26. The lowest BCUT2D eigenvalue weighted by Gasteiger charge is -2.23. The first kappa shape index (κ1) is 35.8. The molecule has 0 saturated heterocycles. The van der Waals surface area contributed by atoms with Crippen molar-refractivity contribution in [2.24, 2.45) is 11.8 Å². The molecule has 0 spiro atoms. The van der Waals surface area contributed by atoms with E-state index < -0.39 is 25.9 Å². The normalized spacial score (nSPS) is 17.8. The molecule has 0 amide bonds. The maximum absolute atomic E-state index is 11.7. The molecule has 1 rings (SSSR count). The van der Waals surface area contributed by atoms with Crippen LogP contribution < -0.4 is 0 Å². The van der Waals surface area contributed by atoms with E-state index in [2.05, 4.69) is 18.7 Å². The highest BCUT2D eigenvalue weighted by molar-refractivity contribution is 7.99. The first-order valence-electron chi connectivity index (χ1n) is 15.6. The number of thioether (sulfide) groups is 1. The largest absolute Gasteiger partial charge is 0.556 e. The molecule has 1 fully saturated rings. The van der Waals surface area contributed by atoms with Gasteiger partial charge in [-0.3, -0.25) is 0 Å². The van der Waals surface area contributed by atoms with Crippen molar-refractivity contribution in [1.82, 2.24) is 0 Å². The van der Waals surface area contributed by atoms with Crippen LogP contribution in [0.25, 0.3) is 0 Å². The van der Waals surface area contributed by atoms with Gasteiger partial charge in [0.05, 0.1) is 12.7 Å². The van der Waals surface area contributed by atoms with Crippen LogP contribution in [-0.4, -0.2) is 52.1 Å². The summed E-state index contributed by atoms with van der Waals surface area (Å²) in [5, 5.41) is 7.29. The third-order valence-electron chi connectivity index (χ3n) is 8.03. The number of ether oxygens (including phenoxy) is 2. The van der Waals surface area contributed by atoms with Crippen LogP contribution in [0.15, 0.2) is 0 Å². The standard InChI is InChI=1S/C30H57O6PS/c1-4-6-7-13-18-28(27-19-14-15-20-27)21-24-38-23-16-11-9-8-10-12-17-26(3)35-25-30(29(31)32,37(33)34)36-22-5-2/h26-28H,4-25H2,1-3H3,(H-,31,32,33,34)/p+1. The fourth-order valence-corrected chi connectivity index (χ4v) is 7.16. The summed E-state index contributed by atoms with van der Waals surface area (Å²) in [5.41, 5.74) is 0. The van der Waals surface area contributed by atoms with Gasteiger partial charge in [0.25, 0.3) is 0 Å². The van der Waals surface area contributed by atoms with Gasteiger partial charge < -0.3 is 14.6 Å². The number of carboxylic acids is 1. The lowest BCUT2D eigenvalue weighted by molar-refractivity contribution is -0.163. The molecule has 1 aliphatic rings. The zero-order valence-corrected chi connectivity index (χ0v) is 26.4. The van der Waals surface area contributed by atoms with Gasteiger partial charge in [0.1, 0.15) is 6.61 Å². The predicted octanol–water partition coefficient (Wildman–Crippen LogP) is 8.96. The highest BCUT2D eigenvalue weighted by Gasteiger charge is 2.59. The van der Waals surface area contributed by atoms with Gasteiger partial charge in [-0.2, -0.15) is 16.7 Å². The van der Waals surface area contributed by atoms with Crippen molar-refractivity contribution in [2.75, 3.05) is 24.7 Å². The molecule has 0 bridgehead atoms. The van der Waals surface area contributed by atoms with Gasteiger partial charge in [0.15, 0.2) is 0 Å². The summed E-state index contributed by atoms with van der Waals surface area (Å²) in [4.78, 5) is 21.2. The van der Waals surface area contributed by atoms with E-state index in [9.17, 15) is 19.4 Å². The summed E-state index contributed by atoms with van der Waals surface area (Å²) < 4.78 is 22.6. The van der Waals surface area contributed by atoms with Crippen molar-refractivity contribution in [3.8, 4) is 0 Å². The van der Waals surface area contributed by atoms with Crippen molar-refractivity contribution in [1.29, 1.82) is 0 Å². The Labute approximate surface area is 238 Å². The quantitative estimate of drug-likeness (QED) is 0.0783. The third-order valence-corrected chi connectivity index (χ3v) is 10.2. The van der Waals surface area contributed by atoms with E-state index in [1.165, 1.54) is 101 Å². The second-order valence-electron chi connectivity index (χ2n) is 11.3. The van der Waals surface area contributed by atoms with E-state index >= 15 is 0 Å². The van der Waals surface area contributed by atoms with Crippen LogP contribution in [0, 0.1) is 11.8 Å². The van der Waals surface area contributed by atoms with Crippen molar-refractivity contribution < 1.29 is 28.8 Å². The predicted molar refractivity (Wildman–Crippen MR) is 160 cm³/mol. The maximum atomic E-state index is 11.7. The minimum atomic E-state index is -3.07. The van der Waals surface area contributed by atoms with E-state index in [0.29, 0.717) is 6.42 Å². The smallest absolute Gasteiger partial charge is 0.476 e. The number of hydrogen-bond donors (Lipinski definition) is 2. The van der Waals surface area contributed by atoms with Crippen LogP contribution >= 0.6 is 19.8 Å². The molecule has 8 heteroatoms. The van der Waals surface area contributed by atoms with Gasteiger partial charge in [-0.15, -0.1) is 0 Å². The van der Waals surface area contributed by atoms with Gasteiger partial charge in [-0.05, 0) is 60.5 Å². The van der Waals surface area contributed by atoms with E-state index in [1.807, 2.05) is 13.8 Å². The Morgan fingerprint density at radius 2 is 1.55 bits per heavy atom. The average molecular weight is 578 g/mol. The molecule has 0 aromatic rings. The van der Waals surface area contributed by atoms with Crippen molar-refractivity contribution in [2.45, 2.75) is 148 Å². The molecule has 0 heterocycles. The summed E-state index contributed by atoms with van der Waals surface area (Å²) in [6.07, 6.45) is 22.8. The molecule has 38 heavy (non-hydrogen) atoms. The number of carboxylic acid groups (broad SMARTS) is 1. The highest BCUT2D eigenvalue weighted by Crippen LogP contribution is 2.38. The Bertz CT molecular complexity index is 600. The number of aliphatic carboxylic acids is 1. The van der Waals surface area contributed by atoms with Crippen LogP contribution in [0.3, 0.4) is 0 Å². The molecule has 0 aromatic heterocycles. The van der Waals surface area contributed by atoms with Gasteiger partial charge in [-0.25, -0.2) is 4.79 Å². The molecule has 6 nitrogen and oxygen atoms in total. The lowest BCUT2D eigenvalue weighted by Crippen LogP contribution is -2.44. The molecular formula is C30H58O6PS+. The van der Waals surface area contributed by atoms with Crippen LogP contribution in [0.5, 0.6) is 0 Å². The molecule has 0 radical (unpaired) electrons. The van der Waals surface area contributed by atoms with Crippen LogP contribution in [0.2, 0.25) is 0 Å². The fraction of sp³-hybridized carbons (Fsp3) is 0.967. The number of unbranched alkanes of at least 4 members (excludes halogenated alkanes) is 8. The second kappa shape index (κ2) is 22.5. The van der Waals surface area contributed by atoms with Crippen LogP contribution in [0.4, 0.5) is 0 Å². The molecule has 1 saturated carbocycles. The molecule has 1 aliphatic carbocycles. The first-order valence-corrected chi connectivity index (χ1v) is 18.0.